The lowest BCUT2D eigenvalue weighted by Crippen LogP contribution is -2.43. The van der Waals surface area contributed by atoms with E-state index in [1.165, 1.54) is 35.8 Å². The molecule has 2 aliphatic rings. The Morgan fingerprint density at radius 3 is 2.78 bits per heavy atom. The summed E-state index contributed by atoms with van der Waals surface area (Å²) < 4.78 is 0. The fraction of sp³-hybridized carbons (Fsp3) is 0.733. The molecule has 2 atom stereocenters. The number of fused-ring (bicyclic) bond motifs is 1. The predicted octanol–water partition coefficient (Wildman–Crippen LogP) is 2.74. The van der Waals surface area contributed by atoms with E-state index in [-0.39, 0.29) is 0 Å². The molecule has 3 rings (SSSR count). The van der Waals surface area contributed by atoms with Crippen LogP contribution in [0.25, 0.3) is 0 Å². The van der Waals surface area contributed by atoms with E-state index >= 15 is 0 Å². The van der Waals surface area contributed by atoms with Crippen molar-refractivity contribution in [2.75, 3.05) is 19.6 Å². The zero-order valence-electron chi connectivity index (χ0n) is 11.7. The van der Waals surface area contributed by atoms with Crippen LogP contribution in [0.2, 0.25) is 0 Å². The van der Waals surface area contributed by atoms with Crippen molar-refractivity contribution >= 4 is 11.3 Å². The van der Waals surface area contributed by atoms with E-state index in [9.17, 15) is 0 Å². The summed E-state index contributed by atoms with van der Waals surface area (Å²) >= 11 is 1.99. The summed E-state index contributed by atoms with van der Waals surface area (Å²) in [6.45, 7) is 11.9. The second-order valence-corrected chi connectivity index (χ2v) is 7.53. The van der Waals surface area contributed by atoms with Gasteiger partial charge < -0.3 is 5.32 Å². The van der Waals surface area contributed by atoms with Crippen molar-refractivity contribution in [3.63, 3.8) is 0 Å². The summed E-state index contributed by atoms with van der Waals surface area (Å²) in [5.74, 6) is 1.70. The Hall–Kier alpha value is -0.380. The van der Waals surface area contributed by atoms with E-state index in [1.807, 2.05) is 11.3 Å². The van der Waals surface area contributed by atoms with Gasteiger partial charge in [0.05, 0.1) is 0 Å². The predicted molar refractivity (Wildman–Crippen MR) is 78.0 cm³/mol. The Bertz CT molecular complexity index is 424. The number of thiophene rings is 1. The molecule has 1 aromatic heterocycles. The lowest BCUT2D eigenvalue weighted by molar-refractivity contribution is 0.133. The van der Waals surface area contributed by atoms with Gasteiger partial charge >= 0.3 is 0 Å². The van der Waals surface area contributed by atoms with Crippen molar-refractivity contribution in [3.05, 3.63) is 21.9 Å². The fourth-order valence-electron chi connectivity index (χ4n) is 3.66. The minimum Gasteiger partial charge on any atom is -0.316 e. The Labute approximate surface area is 114 Å². The molecule has 0 amide bonds. The van der Waals surface area contributed by atoms with Crippen molar-refractivity contribution in [2.45, 2.75) is 39.3 Å². The molecule has 0 bridgehead atoms. The SMILES string of the molecule is CCc1ccc(CN2CC3CNCC3C2(C)C)s1. The number of hydrogen-bond donors (Lipinski definition) is 1. The monoisotopic (exact) mass is 264 g/mol. The molecule has 1 N–H and O–H groups in total. The topological polar surface area (TPSA) is 15.3 Å². The van der Waals surface area contributed by atoms with Crippen LogP contribution in [0.4, 0.5) is 0 Å². The molecule has 0 spiro atoms. The maximum Gasteiger partial charge on any atom is 0.0333 e. The van der Waals surface area contributed by atoms with Crippen LogP contribution in [0, 0.1) is 11.8 Å². The number of nitrogens with one attached hydrogen (secondary N) is 1. The van der Waals surface area contributed by atoms with Crippen LogP contribution < -0.4 is 5.32 Å². The van der Waals surface area contributed by atoms with E-state index in [0.29, 0.717) is 5.54 Å². The Kier molecular flexibility index (Phi) is 3.25. The van der Waals surface area contributed by atoms with Crippen LogP contribution in [0.5, 0.6) is 0 Å². The molecule has 3 heteroatoms. The second kappa shape index (κ2) is 4.62. The van der Waals surface area contributed by atoms with Crippen molar-refractivity contribution in [2.24, 2.45) is 11.8 Å². The average molecular weight is 264 g/mol. The maximum absolute atomic E-state index is 3.55. The van der Waals surface area contributed by atoms with Crippen molar-refractivity contribution in [3.8, 4) is 0 Å². The molecule has 2 aliphatic heterocycles. The zero-order valence-corrected chi connectivity index (χ0v) is 12.5. The second-order valence-electron chi connectivity index (χ2n) is 6.28. The molecule has 3 heterocycles. The van der Waals surface area contributed by atoms with Crippen LogP contribution in [-0.4, -0.2) is 30.1 Å². The van der Waals surface area contributed by atoms with Crippen LogP contribution in [0.1, 0.15) is 30.5 Å². The first kappa shape index (κ1) is 12.6. The van der Waals surface area contributed by atoms with Gasteiger partial charge in [0.25, 0.3) is 0 Å². The van der Waals surface area contributed by atoms with Crippen LogP contribution in [0.15, 0.2) is 12.1 Å². The molecule has 100 valence electrons. The molecular weight excluding hydrogens is 240 g/mol. The molecule has 18 heavy (non-hydrogen) atoms. The van der Waals surface area contributed by atoms with Crippen molar-refractivity contribution < 1.29 is 0 Å². The first-order valence-corrected chi connectivity index (χ1v) is 7.96. The van der Waals surface area contributed by atoms with Crippen LogP contribution in [-0.2, 0) is 13.0 Å². The molecule has 2 fully saturated rings. The number of aryl methyl sites for hydroxylation is 1. The number of hydrogen-bond acceptors (Lipinski definition) is 3. The molecule has 2 nitrogen and oxygen atoms in total. The van der Waals surface area contributed by atoms with Gasteiger partial charge in [0, 0.05) is 34.9 Å². The van der Waals surface area contributed by atoms with Gasteiger partial charge in [0.15, 0.2) is 0 Å². The molecule has 0 aromatic carbocycles. The van der Waals surface area contributed by atoms with E-state index in [1.54, 1.807) is 0 Å². The summed E-state index contributed by atoms with van der Waals surface area (Å²) in [5.41, 5.74) is 0.352. The van der Waals surface area contributed by atoms with Crippen LogP contribution in [0.3, 0.4) is 0 Å². The minimum absolute atomic E-state index is 0.352. The lowest BCUT2D eigenvalue weighted by atomic mass is 9.85. The molecule has 0 radical (unpaired) electrons. The van der Waals surface area contributed by atoms with E-state index in [2.05, 4.69) is 43.1 Å². The number of rotatable bonds is 3. The summed E-state index contributed by atoms with van der Waals surface area (Å²) in [6.07, 6.45) is 1.17. The van der Waals surface area contributed by atoms with Gasteiger partial charge in [-0.1, -0.05) is 6.92 Å². The largest absolute Gasteiger partial charge is 0.316 e. The molecule has 2 saturated heterocycles. The maximum atomic E-state index is 3.55. The lowest BCUT2D eigenvalue weighted by Gasteiger charge is -2.35. The van der Waals surface area contributed by atoms with Gasteiger partial charge in [-0.15, -0.1) is 11.3 Å². The highest BCUT2D eigenvalue weighted by Crippen LogP contribution is 2.41. The van der Waals surface area contributed by atoms with Gasteiger partial charge in [0.2, 0.25) is 0 Å². The van der Waals surface area contributed by atoms with E-state index in [4.69, 9.17) is 0 Å². The first-order chi connectivity index (χ1) is 8.61. The standard InChI is InChI=1S/C15H24N2S/c1-4-12-5-6-13(18-12)10-17-9-11-7-16-8-14(11)15(17,2)3/h5-6,11,14,16H,4,7-10H2,1-3H3. The highest BCUT2D eigenvalue weighted by molar-refractivity contribution is 7.11. The van der Waals surface area contributed by atoms with Gasteiger partial charge in [0.1, 0.15) is 0 Å². The first-order valence-electron chi connectivity index (χ1n) is 7.14. The van der Waals surface area contributed by atoms with E-state index < -0.39 is 0 Å². The van der Waals surface area contributed by atoms with Gasteiger partial charge in [-0.3, -0.25) is 4.90 Å². The minimum atomic E-state index is 0.352. The highest BCUT2D eigenvalue weighted by atomic mass is 32.1. The average Bonchev–Trinajstić information content (AvgIpc) is 3.00. The summed E-state index contributed by atoms with van der Waals surface area (Å²) in [4.78, 5) is 5.76. The molecule has 0 saturated carbocycles. The van der Waals surface area contributed by atoms with Crippen LogP contribution >= 0.6 is 11.3 Å². The third-order valence-electron chi connectivity index (χ3n) is 4.93. The van der Waals surface area contributed by atoms with Gasteiger partial charge in [-0.05, 0) is 50.8 Å². The molecular formula is C15H24N2S. The highest BCUT2D eigenvalue weighted by Gasteiger charge is 2.49. The summed E-state index contributed by atoms with van der Waals surface area (Å²) in [5, 5.41) is 3.55. The number of likely N-dealkylation sites (tertiary alicyclic amines) is 1. The Morgan fingerprint density at radius 2 is 2.11 bits per heavy atom. The quantitative estimate of drug-likeness (QED) is 0.903. The molecule has 2 unspecified atom stereocenters. The third kappa shape index (κ3) is 2.02. The molecule has 0 aliphatic carbocycles. The Morgan fingerprint density at radius 1 is 1.33 bits per heavy atom. The Balaban J connectivity index is 1.73. The summed E-state index contributed by atoms with van der Waals surface area (Å²) in [7, 11) is 0. The fourth-order valence-corrected chi connectivity index (χ4v) is 4.63. The van der Waals surface area contributed by atoms with Crippen molar-refractivity contribution in [1.29, 1.82) is 0 Å². The smallest absolute Gasteiger partial charge is 0.0333 e. The number of nitrogens with zero attached hydrogens (tertiary/aromatic N) is 1. The zero-order chi connectivity index (χ0) is 12.8. The van der Waals surface area contributed by atoms with E-state index in [0.717, 1.165) is 18.4 Å². The van der Waals surface area contributed by atoms with Gasteiger partial charge in [-0.2, -0.15) is 0 Å². The normalized spacial score (nSPS) is 30.8. The van der Waals surface area contributed by atoms with Crippen molar-refractivity contribution in [1.82, 2.24) is 10.2 Å². The third-order valence-corrected chi connectivity index (χ3v) is 6.14. The molecule has 1 aromatic rings. The van der Waals surface area contributed by atoms with Gasteiger partial charge in [-0.25, -0.2) is 0 Å². The summed E-state index contributed by atoms with van der Waals surface area (Å²) in [6, 6.07) is 4.62.